The number of hydrogen-bond acceptors (Lipinski definition) is 8. The minimum atomic E-state index is -0.242. The van der Waals surface area contributed by atoms with E-state index in [9.17, 15) is 14.9 Å². The number of carbonyl (C=O) groups excluding carboxylic acids is 2. The van der Waals surface area contributed by atoms with E-state index < -0.39 is 0 Å². The molecule has 1 aromatic carbocycles. The van der Waals surface area contributed by atoms with Gasteiger partial charge in [-0.2, -0.15) is 10.2 Å². The third-order valence-corrected chi connectivity index (χ3v) is 8.74. The van der Waals surface area contributed by atoms with Gasteiger partial charge in [-0.25, -0.2) is 4.98 Å². The molecule has 0 spiro atoms. The minimum absolute atomic E-state index is 0.0411. The standard InChI is InChI=1S/C32H42N8O2/c1-5-29(41)40-18-17-38(21-25(40)14-15-33)31-26-13-12-24(39-16-8-10-23-9-6-7-11-28(23)39)20-27(26)35-32(36-31)34-22(2)19-30(42)37(3)4/h5-7,9,11,22,24-25H,1,8,10,12-14,16-21H2,2-4H3,(H,34,35,36)/t22?,24?,25-/m0/s1. The number of aryl methyl sites for hydroxylation is 1. The number of aromatic nitrogens is 2. The van der Waals surface area contributed by atoms with Gasteiger partial charge >= 0.3 is 0 Å². The average Bonchev–Trinajstić information content (AvgIpc) is 2.99. The van der Waals surface area contributed by atoms with Crippen LogP contribution >= 0.6 is 0 Å². The van der Waals surface area contributed by atoms with Crippen LogP contribution in [0.15, 0.2) is 36.9 Å². The van der Waals surface area contributed by atoms with Gasteiger partial charge in [0.1, 0.15) is 5.82 Å². The molecule has 10 nitrogen and oxygen atoms in total. The maximum atomic E-state index is 12.5. The largest absolute Gasteiger partial charge is 0.368 e. The highest BCUT2D eigenvalue weighted by Gasteiger charge is 2.35. The SMILES string of the molecule is C=CC(=O)N1CCN(c2nc(NC(C)CC(=O)N(C)C)nc3c2CCC(N2CCCc4ccccc42)C3)C[C@@H]1CC#N. The van der Waals surface area contributed by atoms with Crippen LogP contribution in [0.2, 0.25) is 0 Å². The second-order valence-corrected chi connectivity index (χ2v) is 11.9. The third kappa shape index (κ3) is 6.20. The quantitative estimate of drug-likeness (QED) is 0.482. The lowest BCUT2D eigenvalue weighted by molar-refractivity contribution is -0.129. The van der Waals surface area contributed by atoms with E-state index >= 15 is 0 Å². The Morgan fingerprint density at radius 1 is 1.21 bits per heavy atom. The lowest BCUT2D eigenvalue weighted by Gasteiger charge is -2.43. The molecule has 1 N–H and O–H groups in total. The van der Waals surface area contributed by atoms with E-state index in [0.29, 0.717) is 38.0 Å². The molecule has 3 aliphatic rings. The predicted molar refractivity (Wildman–Crippen MR) is 164 cm³/mol. The van der Waals surface area contributed by atoms with Gasteiger partial charge in [0.2, 0.25) is 17.8 Å². The van der Waals surface area contributed by atoms with Crippen molar-refractivity contribution >= 4 is 29.3 Å². The van der Waals surface area contributed by atoms with Gasteiger partial charge in [0.05, 0.1) is 24.2 Å². The number of nitrogens with zero attached hydrogens (tertiary/aromatic N) is 7. The molecule has 0 bridgehead atoms. The number of nitriles is 1. The lowest BCUT2D eigenvalue weighted by Crippen LogP contribution is -2.55. The first-order chi connectivity index (χ1) is 20.3. The molecule has 0 radical (unpaired) electrons. The summed E-state index contributed by atoms with van der Waals surface area (Å²) in [5.41, 5.74) is 4.94. The van der Waals surface area contributed by atoms with Gasteiger partial charge in [-0.05, 0) is 50.3 Å². The highest BCUT2D eigenvalue weighted by Crippen LogP contribution is 2.36. The normalized spacial score (nSPS) is 20.6. The Labute approximate surface area is 249 Å². The van der Waals surface area contributed by atoms with E-state index in [1.54, 1.807) is 23.9 Å². The van der Waals surface area contributed by atoms with Gasteiger partial charge in [-0.15, -0.1) is 0 Å². The van der Waals surface area contributed by atoms with Gasteiger partial charge in [-0.1, -0.05) is 24.8 Å². The molecule has 3 heterocycles. The number of para-hydroxylation sites is 1. The van der Waals surface area contributed by atoms with Gasteiger partial charge in [0.15, 0.2) is 0 Å². The van der Waals surface area contributed by atoms with Crippen LogP contribution < -0.4 is 15.1 Å². The fraction of sp³-hybridized carbons (Fsp3) is 0.531. The zero-order chi connectivity index (χ0) is 29.8. The van der Waals surface area contributed by atoms with Crippen molar-refractivity contribution in [3.05, 3.63) is 53.7 Å². The molecule has 2 unspecified atom stereocenters. The van der Waals surface area contributed by atoms with Crippen molar-refractivity contribution in [2.75, 3.05) is 55.4 Å². The lowest BCUT2D eigenvalue weighted by atomic mass is 9.88. The summed E-state index contributed by atoms with van der Waals surface area (Å²) in [4.78, 5) is 43.1. The van der Waals surface area contributed by atoms with E-state index in [1.165, 1.54) is 17.3 Å². The maximum Gasteiger partial charge on any atom is 0.246 e. The monoisotopic (exact) mass is 570 g/mol. The Balaban J connectivity index is 1.46. The van der Waals surface area contributed by atoms with Crippen LogP contribution in [0, 0.1) is 11.3 Å². The number of hydrogen-bond donors (Lipinski definition) is 1. The minimum Gasteiger partial charge on any atom is -0.368 e. The van der Waals surface area contributed by atoms with Crippen molar-refractivity contribution in [1.82, 2.24) is 19.8 Å². The molecule has 1 saturated heterocycles. The summed E-state index contributed by atoms with van der Waals surface area (Å²) in [6.07, 6.45) is 6.85. The molecule has 222 valence electrons. The Bertz CT molecular complexity index is 1370. The van der Waals surface area contributed by atoms with Crippen LogP contribution in [0.5, 0.6) is 0 Å². The third-order valence-electron chi connectivity index (χ3n) is 8.74. The predicted octanol–water partition coefficient (Wildman–Crippen LogP) is 3.18. The first kappa shape index (κ1) is 29.4. The fourth-order valence-electron chi connectivity index (χ4n) is 6.56. The molecule has 1 aromatic heterocycles. The number of piperazine rings is 1. The second kappa shape index (κ2) is 12.8. The molecular weight excluding hydrogens is 528 g/mol. The molecule has 10 heteroatoms. The first-order valence-electron chi connectivity index (χ1n) is 15.0. The number of carbonyl (C=O) groups is 2. The molecule has 0 saturated carbocycles. The van der Waals surface area contributed by atoms with Crippen LogP contribution in [-0.4, -0.2) is 90.0 Å². The molecule has 42 heavy (non-hydrogen) atoms. The topological polar surface area (TPSA) is 109 Å². The van der Waals surface area contributed by atoms with E-state index in [1.807, 2.05) is 6.92 Å². The molecule has 1 aliphatic carbocycles. The molecule has 2 aliphatic heterocycles. The van der Waals surface area contributed by atoms with Crippen molar-refractivity contribution in [2.24, 2.45) is 0 Å². The van der Waals surface area contributed by atoms with E-state index in [-0.39, 0.29) is 30.3 Å². The number of anilines is 3. The van der Waals surface area contributed by atoms with Gasteiger partial charge < -0.3 is 24.9 Å². The number of nitrogens with one attached hydrogen (secondary N) is 1. The summed E-state index contributed by atoms with van der Waals surface area (Å²) < 4.78 is 0. The molecule has 3 atom stereocenters. The van der Waals surface area contributed by atoms with Gasteiger partial charge in [-0.3, -0.25) is 9.59 Å². The molecule has 1 fully saturated rings. The van der Waals surface area contributed by atoms with E-state index in [4.69, 9.17) is 9.97 Å². The van der Waals surface area contributed by atoms with Crippen molar-refractivity contribution in [2.45, 2.75) is 70.0 Å². The molecule has 2 amide bonds. The summed E-state index contributed by atoms with van der Waals surface area (Å²) in [7, 11) is 3.52. The van der Waals surface area contributed by atoms with E-state index in [2.05, 4.69) is 52.0 Å². The van der Waals surface area contributed by atoms with Crippen LogP contribution in [0.4, 0.5) is 17.5 Å². The summed E-state index contributed by atoms with van der Waals surface area (Å²) in [5.74, 6) is 1.29. The number of rotatable bonds is 8. The fourth-order valence-corrected chi connectivity index (χ4v) is 6.56. The molecule has 5 rings (SSSR count). The Kier molecular flexibility index (Phi) is 8.95. The van der Waals surface area contributed by atoms with Crippen LogP contribution in [0.25, 0.3) is 0 Å². The van der Waals surface area contributed by atoms with Crippen molar-refractivity contribution < 1.29 is 9.59 Å². The van der Waals surface area contributed by atoms with Gasteiger partial charge in [0.25, 0.3) is 0 Å². The number of benzene rings is 1. The number of amides is 2. The number of fused-ring (bicyclic) bond motifs is 2. The van der Waals surface area contributed by atoms with Crippen LogP contribution in [0.3, 0.4) is 0 Å². The second-order valence-electron chi connectivity index (χ2n) is 11.9. The summed E-state index contributed by atoms with van der Waals surface area (Å²) >= 11 is 0. The Morgan fingerprint density at radius 3 is 2.79 bits per heavy atom. The van der Waals surface area contributed by atoms with Gasteiger partial charge in [0, 0.05) is 76.5 Å². The highest BCUT2D eigenvalue weighted by atomic mass is 16.2. The first-order valence-corrected chi connectivity index (χ1v) is 15.0. The zero-order valence-corrected chi connectivity index (χ0v) is 25.1. The van der Waals surface area contributed by atoms with Crippen molar-refractivity contribution in [1.29, 1.82) is 5.26 Å². The molecule has 2 aromatic rings. The summed E-state index contributed by atoms with van der Waals surface area (Å²) in [6.45, 7) is 8.29. The maximum absolute atomic E-state index is 12.5. The van der Waals surface area contributed by atoms with Crippen LogP contribution in [0.1, 0.15) is 49.4 Å². The average molecular weight is 571 g/mol. The molecular formula is C32H42N8O2. The van der Waals surface area contributed by atoms with E-state index in [0.717, 1.165) is 55.7 Å². The van der Waals surface area contributed by atoms with Crippen LogP contribution in [-0.2, 0) is 28.9 Å². The summed E-state index contributed by atoms with van der Waals surface area (Å²) in [5, 5.41) is 12.9. The summed E-state index contributed by atoms with van der Waals surface area (Å²) in [6, 6.07) is 10.9. The smallest absolute Gasteiger partial charge is 0.246 e. The highest BCUT2D eigenvalue weighted by molar-refractivity contribution is 5.87. The zero-order valence-electron chi connectivity index (χ0n) is 25.1. The van der Waals surface area contributed by atoms with Crippen molar-refractivity contribution in [3.63, 3.8) is 0 Å². The Morgan fingerprint density at radius 2 is 2.02 bits per heavy atom. The Hall–Kier alpha value is -4.13. The van der Waals surface area contributed by atoms with Crippen molar-refractivity contribution in [3.8, 4) is 6.07 Å².